The molecule has 1 saturated heterocycles. The lowest BCUT2D eigenvalue weighted by Crippen LogP contribution is -2.58. The first-order valence-electron chi connectivity index (χ1n) is 6.20. The Morgan fingerprint density at radius 1 is 1.53 bits per heavy atom. The first kappa shape index (κ1) is 14.4. The highest BCUT2D eigenvalue weighted by Gasteiger charge is 2.37. The van der Waals surface area contributed by atoms with Crippen LogP contribution in [0.5, 0.6) is 0 Å². The Bertz CT molecular complexity index is 303. The Morgan fingerprint density at radius 3 is 2.47 bits per heavy atom. The van der Waals surface area contributed by atoms with Gasteiger partial charge in [0.25, 0.3) is 0 Å². The number of ether oxygens (including phenoxy) is 1. The lowest BCUT2D eigenvalue weighted by molar-refractivity contribution is -0.132. The summed E-state index contributed by atoms with van der Waals surface area (Å²) in [7, 11) is 0. The molecule has 0 spiro atoms. The van der Waals surface area contributed by atoms with Crippen molar-refractivity contribution in [2.75, 3.05) is 6.61 Å². The first-order valence-corrected chi connectivity index (χ1v) is 6.61. The van der Waals surface area contributed by atoms with Gasteiger partial charge in [0.05, 0.1) is 10.5 Å². The van der Waals surface area contributed by atoms with E-state index in [1.165, 1.54) is 0 Å². The van der Waals surface area contributed by atoms with Crippen LogP contribution >= 0.6 is 12.2 Å². The predicted octanol–water partition coefficient (Wildman–Crippen LogP) is 1.37. The number of amides is 1. The Labute approximate surface area is 108 Å². The molecule has 0 bridgehead atoms. The van der Waals surface area contributed by atoms with Crippen LogP contribution in [-0.2, 0) is 9.53 Å². The van der Waals surface area contributed by atoms with Gasteiger partial charge in [-0.3, -0.25) is 4.79 Å². The SMILES string of the molecule is CCC(CC)(NC(=O)C1OCCC1C)C(N)=S. The molecule has 5 heteroatoms. The van der Waals surface area contributed by atoms with Crippen molar-refractivity contribution in [1.82, 2.24) is 5.32 Å². The van der Waals surface area contributed by atoms with Crippen molar-refractivity contribution in [3.8, 4) is 0 Å². The largest absolute Gasteiger partial charge is 0.391 e. The monoisotopic (exact) mass is 258 g/mol. The van der Waals surface area contributed by atoms with E-state index in [0.717, 1.165) is 6.42 Å². The minimum Gasteiger partial charge on any atom is -0.391 e. The van der Waals surface area contributed by atoms with Crippen molar-refractivity contribution in [2.45, 2.75) is 51.7 Å². The molecule has 1 aliphatic heterocycles. The van der Waals surface area contributed by atoms with E-state index in [1.807, 2.05) is 20.8 Å². The van der Waals surface area contributed by atoms with Crippen LogP contribution in [0.15, 0.2) is 0 Å². The molecule has 0 aliphatic carbocycles. The molecule has 1 heterocycles. The summed E-state index contributed by atoms with van der Waals surface area (Å²) in [6.07, 6.45) is 1.97. The summed E-state index contributed by atoms with van der Waals surface area (Å²) in [4.78, 5) is 12.5. The van der Waals surface area contributed by atoms with Crippen LogP contribution in [0.1, 0.15) is 40.0 Å². The molecule has 1 aliphatic rings. The summed E-state index contributed by atoms with van der Waals surface area (Å²) in [5.74, 6) is 0.166. The highest BCUT2D eigenvalue weighted by Crippen LogP contribution is 2.22. The number of carbonyl (C=O) groups is 1. The lowest BCUT2D eigenvalue weighted by Gasteiger charge is -2.33. The Hall–Kier alpha value is -0.680. The summed E-state index contributed by atoms with van der Waals surface area (Å²) in [6.45, 7) is 6.62. The zero-order valence-electron chi connectivity index (χ0n) is 10.8. The van der Waals surface area contributed by atoms with Gasteiger partial charge in [0.2, 0.25) is 5.91 Å². The molecule has 4 nitrogen and oxygen atoms in total. The molecular weight excluding hydrogens is 236 g/mol. The van der Waals surface area contributed by atoms with E-state index >= 15 is 0 Å². The third kappa shape index (κ3) is 2.96. The second kappa shape index (κ2) is 5.78. The molecule has 0 aromatic rings. The third-order valence-corrected chi connectivity index (χ3v) is 4.08. The molecular formula is C12H22N2O2S. The van der Waals surface area contributed by atoms with Gasteiger partial charge in [0, 0.05) is 6.61 Å². The zero-order chi connectivity index (χ0) is 13.1. The van der Waals surface area contributed by atoms with Crippen LogP contribution in [0.25, 0.3) is 0 Å². The second-order valence-electron chi connectivity index (χ2n) is 4.70. The zero-order valence-corrected chi connectivity index (χ0v) is 11.6. The van der Waals surface area contributed by atoms with Crippen LogP contribution in [0.2, 0.25) is 0 Å². The van der Waals surface area contributed by atoms with Crippen molar-refractivity contribution < 1.29 is 9.53 Å². The molecule has 3 N–H and O–H groups in total. The Balaban J connectivity index is 2.74. The fourth-order valence-electron chi connectivity index (χ4n) is 2.17. The van der Waals surface area contributed by atoms with Gasteiger partial charge >= 0.3 is 0 Å². The molecule has 2 atom stereocenters. The van der Waals surface area contributed by atoms with Gasteiger partial charge in [-0.05, 0) is 25.2 Å². The molecule has 0 radical (unpaired) electrons. The van der Waals surface area contributed by atoms with Crippen molar-refractivity contribution in [3.05, 3.63) is 0 Å². The number of hydrogen-bond acceptors (Lipinski definition) is 3. The van der Waals surface area contributed by atoms with Crippen LogP contribution in [0, 0.1) is 5.92 Å². The van der Waals surface area contributed by atoms with Crippen LogP contribution in [0.4, 0.5) is 0 Å². The molecule has 0 aromatic heterocycles. The van der Waals surface area contributed by atoms with Crippen molar-refractivity contribution >= 4 is 23.1 Å². The standard InChI is InChI=1S/C12H22N2O2S/c1-4-12(5-2,11(13)17)14-10(15)9-8(3)6-7-16-9/h8-9H,4-7H2,1-3H3,(H2,13,17)(H,14,15). The van der Waals surface area contributed by atoms with Gasteiger partial charge in [-0.2, -0.15) is 0 Å². The normalized spacial score (nSPS) is 24.6. The molecule has 1 amide bonds. The number of carbonyl (C=O) groups excluding carboxylic acids is 1. The third-order valence-electron chi connectivity index (χ3n) is 3.69. The van der Waals surface area contributed by atoms with Gasteiger partial charge < -0.3 is 15.8 Å². The predicted molar refractivity (Wildman–Crippen MR) is 71.8 cm³/mol. The van der Waals surface area contributed by atoms with Gasteiger partial charge in [0.1, 0.15) is 6.10 Å². The number of rotatable bonds is 5. The van der Waals surface area contributed by atoms with E-state index in [1.54, 1.807) is 0 Å². The van der Waals surface area contributed by atoms with Crippen molar-refractivity contribution in [2.24, 2.45) is 11.7 Å². The molecule has 1 rings (SSSR count). The smallest absolute Gasteiger partial charge is 0.250 e. The minimum atomic E-state index is -0.571. The van der Waals surface area contributed by atoms with Gasteiger partial charge in [0.15, 0.2) is 0 Å². The number of hydrogen-bond donors (Lipinski definition) is 2. The van der Waals surface area contributed by atoms with E-state index in [4.69, 9.17) is 22.7 Å². The van der Waals surface area contributed by atoms with Gasteiger partial charge in [-0.15, -0.1) is 0 Å². The molecule has 17 heavy (non-hydrogen) atoms. The molecule has 0 aromatic carbocycles. The fraction of sp³-hybridized carbons (Fsp3) is 0.833. The van der Waals surface area contributed by atoms with Crippen LogP contribution < -0.4 is 11.1 Å². The summed E-state index contributed by atoms with van der Waals surface area (Å²) < 4.78 is 5.45. The maximum atomic E-state index is 12.1. The minimum absolute atomic E-state index is 0.0912. The first-order chi connectivity index (χ1) is 7.96. The Kier molecular flexibility index (Phi) is 4.89. The number of nitrogens with one attached hydrogen (secondary N) is 1. The maximum Gasteiger partial charge on any atom is 0.250 e. The summed E-state index contributed by atoms with van der Waals surface area (Å²) in [5, 5.41) is 2.97. The topological polar surface area (TPSA) is 64.3 Å². The average Bonchev–Trinajstić information content (AvgIpc) is 2.72. The Morgan fingerprint density at radius 2 is 2.12 bits per heavy atom. The van der Waals surface area contributed by atoms with Crippen LogP contribution in [0.3, 0.4) is 0 Å². The highest BCUT2D eigenvalue weighted by atomic mass is 32.1. The van der Waals surface area contributed by atoms with Crippen LogP contribution in [-0.4, -0.2) is 29.1 Å². The van der Waals surface area contributed by atoms with E-state index in [-0.39, 0.29) is 17.9 Å². The molecule has 98 valence electrons. The van der Waals surface area contributed by atoms with E-state index < -0.39 is 5.54 Å². The molecule has 1 fully saturated rings. The van der Waals surface area contributed by atoms with E-state index in [0.29, 0.717) is 24.4 Å². The van der Waals surface area contributed by atoms with Crippen molar-refractivity contribution in [1.29, 1.82) is 0 Å². The van der Waals surface area contributed by atoms with Crippen molar-refractivity contribution in [3.63, 3.8) is 0 Å². The quantitative estimate of drug-likeness (QED) is 0.731. The molecule has 2 unspecified atom stereocenters. The van der Waals surface area contributed by atoms with Gasteiger partial charge in [-0.1, -0.05) is 33.0 Å². The number of nitrogens with two attached hydrogens (primary N) is 1. The van der Waals surface area contributed by atoms with Gasteiger partial charge in [-0.25, -0.2) is 0 Å². The van der Waals surface area contributed by atoms with E-state index in [9.17, 15) is 4.79 Å². The van der Waals surface area contributed by atoms with E-state index in [2.05, 4.69) is 5.32 Å². The number of thiocarbonyl (C=S) groups is 1. The second-order valence-corrected chi connectivity index (χ2v) is 5.14. The maximum absolute atomic E-state index is 12.1. The summed E-state index contributed by atoms with van der Waals surface area (Å²) in [5.41, 5.74) is 5.18. The summed E-state index contributed by atoms with van der Waals surface area (Å²) >= 11 is 5.07. The average molecular weight is 258 g/mol. The lowest BCUT2D eigenvalue weighted by atomic mass is 9.91. The fourth-order valence-corrected chi connectivity index (χ4v) is 2.51. The highest BCUT2D eigenvalue weighted by molar-refractivity contribution is 7.80. The molecule has 0 saturated carbocycles. The summed E-state index contributed by atoms with van der Waals surface area (Å²) in [6, 6.07) is 0.